The smallest absolute Gasteiger partial charge is 0.325 e. The maximum atomic E-state index is 13.1. The highest BCUT2D eigenvalue weighted by Gasteiger charge is 2.42. The summed E-state index contributed by atoms with van der Waals surface area (Å²) < 4.78 is 25.4. The Kier molecular flexibility index (Phi) is 8.88. The number of halogens is 1. The molecule has 3 heterocycles. The topological polar surface area (TPSA) is 137 Å². The lowest BCUT2D eigenvalue weighted by Crippen LogP contribution is -2.56. The van der Waals surface area contributed by atoms with E-state index in [1.807, 2.05) is 6.07 Å². The number of urea groups is 2. The average molecular weight is 580 g/mol. The van der Waals surface area contributed by atoms with Crippen LogP contribution in [0.1, 0.15) is 30.9 Å². The summed E-state index contributed by atoms with van der Waals surface area (Å²) in [5.41, 5.74) is 1.69. The first-order valence-corrected chi connectivity index (χ1v) is 15.1. The maximum Gasteiger partial charge on any atom is 0.325 e. The van der Waals surface area contributed by atoms with Crippen LogP contribution in [0.2, 0.25) is 5.02 Å². The van der Waals surface area contributed by atoms with Crippen LogP contribution in [0.5, 0.6) is 0 Å². The predicted molar refractivity (Wildman–Crippen MR) is 146 cm³/mol. The second-order valence-electron chi connectivity index (χ2n) is 9.89. The van der Waals surface area contributed by atoms with E-state index in [0.29, 0.717) is 87.2 Å². The van der Waals surface area contributed by atoms with Crippen LogP contribution in [0, 0.1) is 18.3 Å². The lowest BCUT2D eigenvalue weighted by atomic mass is 10.1. The minimum Gasteiger partial charge on any atom is -0.340 e. The monoisotopic (exact) mass is 579 g/mol. The van der Waals surface area contributed by atoms with Crippen LogP contribution in [0.3, 0.4) is 0 Å². The molecule has 12 nitrogen and oxygen atoms in total. The molecule has 0 bridgehead atoms. The molecule has 3 aliphatic heterocycles. The van der Waals surface area contributed by atoms with E-state index in [1.54, 1.807) is 45.6 Å². The number of piperazine rings is 2. The Labute approximate surface area is 234 Å². The largest absolute Gasteiger partial charge is 0.340 e. The van der Waals surface area contributed by atoms with Gasteiger partial charge in [0.25, 0.3) is 0 Å². The van der Waals surface area contributed by atoms with Crippen molar-refractivity contribution in [3.05, 3.63) is 28.3 Å². The van der Waals surface area contributed by atoms with Crippen molar-refractivity contribution in [3.63, 3.8) is 0 Å². The van der Waals surface area contributed by atoms with Crippen LogP contribution in [0.4, 0.5) is 15.3 Å². The second-order valence-corrected chi connectivity index (χ2v) is 12.5. The number of fused-ring (bicyclic) bond motifs is 1. The number of hydrogen-bond acceptors (Lipinski definition) is 6. The van der Waals surface area contributed by atoms with Crippen molar-refractivity contribution in [2.24, 2.45) is 0 Å². The molecule has 0 saturated carbocycles. The zero-order valence-electron chi connectivity index (χ0n) is 22.2. The summed E-state index contributed by atoms with van der Waals surface area (Å²) in [6.45, 7) is 6.71. The summed E-state index contributed by atoms with van der Waals surface area (Å²) in [5, 5.41) is 12.4. The molecule has 0 spiro atoms. The van der Waals surface area contributed by atoms with Crippen LogP contribution in [-0.2, 0) is 14.8 Å². The molecule has 0 aromatic heterocycles. The third-order valence-electron chi connectivity index (χ3n) is 7.60. The minimum absolute atomic E-state index is 0.0471. The summed E-state index contributed by atoms with van der Waals surface area (Å²) in [6, 6.07) is 4.84. The number of amides is 5. The van der Waals surface area contributed by atoms with E-state index in [9.17, 15) is 28.1 Å². The zero-order valence-corrected chi connectivity index (χ0v) is 23.8. The van der Waals surface area contributed by atoms with E-state index in [4.69, 9.17) is 11.6 Å². The minimum atomic E-state index is -3.24. The molecule has 0 radical (unpaired) electrons. The maximum absolute atomic E-state index is 13.1. The number of rotatable bonds is 7. The van der Waals surface area contributed by atoms with Crippen molar-refractivity contribution in [1.82, 2.24) is 24.3 Å². The average Bonchev–Trinajstić information content (AvgIpc) is 3.27. The van der Waals surface area contributed by atoms with Crippen molar-refractivity contribution in [1.29, 1.82) is 5.26 Å². The lowest BCUT2D eigenvalue weighted by Gasteiger charge is -2.36. The Morgan fingerprint density at radius 3 is 2.46 bits per heavy atom. The second kappa shape index (κ2) is 12.0. The molecule has 3 aliphatic rings. The first kappa shape index (κ1) is 28.9. The molecular formula is C25H34ClN7O5S. The van der Waals surface area contributed by atoms with E-state index < -0.39 is 10.0 Å². The van der Waals surface area contributed by atoms with Gasteiger partial charge in [-0.2, -0.15) is 9.57 Å². The molecule has 3 saturated heterocycles. The molecule has 1 atom stereocenters. The van der Waals surface area contributed by atoms with Crippen molar-refractivity contribution >= 4 is 45.3 Å². The van der Waals surface area contributed by atoms with Crippen molar-refractivity contribution < 1.29 is 22.8 Å². The van der Waals surface area contributed by atoms with Gasteiger partial charge in [0.2, 0.25) is 15.9 Å². The van der Waals surface area contributed by atoms with Crippen molar-refractivity contribution in [2.75, 3.05) is 69.6 Å². The number of sulfonamides is 1. The number of hydrogen-bond donors (Lipinski definition) is 1. The Hall–Kier alpha value is -3.08. The zero-order chi connectivity index (χ0) is 28.3. The summed E-state index contributed by atoms with van der Waals surface area (Å²) in [7, 11) is -3.24. The Morgan fingerprint density at radius 2 is 1.79 bits per heavy atom. The van der Waals surface area contributed by atoms with E-state index in [0.717, 1.165) is 0 Å². The van der Waals surface area contributed by atoms with Crippen LogP contribution in [0.15, 0.2) is 12.1 Å². The van der Waals surface area contributed by atoms with E-state index in [2.05, 4.69) is 5.32 Å². The summed E-state index contributed by atoms with van der Waals surface area (Å²) >= 11 is 6.31. The highest BCUT2D eigenvalue weighted by atomic mass is 35.5. The molecule has 1 aromatic carbocycles. The number of nitriles is 1. The standard InChI is InChI=1S/C25H34ClN7O5S/c1-3-39(37,38)31-12-9-29(10-13-31)22(34)5-4-8-28-24(35)30-11-14-32-20(16-30)17-33(25(32)36)21-7-6-19(15-27)23(26)18(21)2/h6-7,20H,3-5,8-14,16-17H2,1-2H3,(H,28,35). The van der Waals surface area contributed by atoms with Gasteiger partial charge in [-0.3, -0.25) is 9.69 Å². The van der Waals surface area contributed by atoms with E-state index in [1.165, 1.54) is 4.31 Å². The summed E-state index contributed by atoms with van der Waals surface area (Å²) in [6.07, 6.45) is 0.750. The molecule has 0 aliphatic carbocycles. The van der Waals surface area contributed by atoms with Gasteiger partial charge in [-0.05, 0) is 38.0 Å². The van der Waals surface area contributed by atoms with Gasteiger partial charge in [-0.25, -0.2) is 18.0 Å². The van der Waals surface area contributed by atoms with Gasteiger partial charge >= 0.3 is 12.1 Å². The predicted octanol–water partition coefficient (Wildman–Crippen LogP) is 1.43. The third kappa shape index (κ3) is 6.08. The first-order valence-electron chi connectivity index (χ1n) is 13.1. The fourth-order valence-electron chi connectivity index (χ4n) is 5.25. The molecular weight excluding hydrogens is 546 g/mol. The van der Waals surface area contributed by atoms with Gasteiger partial charge in [0.05, 0.1) is 22.4 Å². The Morgan fingerprint density at radius 1 is 1.10 bits per heavy atom. The van der Waals surface area contributed by atoms with Gasteiger partial charge in [-0.15, -0.1) is 0 Å². The third-order valence-corrected chi connectivity index (χ3v) is 9.97. The molecule has 14 heteroatoms. The number of anilines is 1. The Balaban J connectivity index is 1.22. The molecule has 5 amide bonds. The quantitative estimate of drug-likeness (QED) is 0.485. The molecule has 4 rings (SSSR count). The lowest BCUT2D eigenvalue weighted by molar-refractivity contribution is -0.132. The highest BCUT2D eigenvalue weighted by molar-refractivity contribution is 7.89. The van der Waals surface area contributed by atoms with E-state index in [-0.39, 0.29) is 36.2 Å². The fourth-order valence-corrected chi connectivity index (χ4v) is 6.54. The number of nitrogens with zero attached hydrogens (tertiary/aromatic N) is 6. The van der Waals surface area contributed by atoms with Crippen LogP contribution in [-0.4, -0.2) is 116 Å². The SMILES string of the molecule is CCS(=O)(=O)N1CCN(C(=O)CCCNC(=O)N2CCN3C(=O)N(c4ccc(C#N)c(Cl)c4C)CC3C2)CC1. The molecule has 1 unspecified atom stereocenters. The fraction of sp³-hybridized carbons (Fsp3) is 0.600. The number of nitrogens with one attached hydrogen (secondary N) is 1. The number of carbonyl (C=O) groups is 3. The normalized spacial score (nSPS) is 20.2. The van der Waals surface area contributed by atoms with Crippen molar-refractivity contribution in [3.8, 4) is 6.07 Å². The van der Waals surface area contributed by atoms with Crippen molar-refractivity contribution in [2.45, 2.75) is 32.7 Å². The molecule has 1 aromatic rings. The van der Waals surface area contributed by atoms with Gasteiger partial charge < -0.3 is 20.0 Å². The number of carbonyl (C=O) groups excluding carboxylic acids is 3. The number of benzene rings is 1. The highest BCUT2D eigenvalue weighted by Crippen LogP contribution is 2.33. The molecule has 212 valence electrons. The van der Waals surface area contributed by atoms with Crippen LogP contribution >= 0.6 is 11.6 Å². The van der Waals surface area contributed by atoms with Gasteiger partial charge in [0.15, 0.2) is 0 Å². The molecule has 39 heavy (non-hydrogen) atoms. The molecule has 3 fully saturated rings. The van der Waals surface area contributed by atoms with Crippen LogP contribution < -0.4 is 10.2 Å². The van der Waals surface area contributed by atoms with E-state index >= 15 is 0 Å². The first-order chi connectivity index (χ1) is 18.6. The van der Waals surface area contributed by atoms with Gasteiger partial charge in [-0.1, -0.05) is 11.6 Å². The summed E-state index contributed by atoms with van der Waals surface area (Å²) in [4.78, 5) is 45.2. The van der Waals surface area contributed by atoms with Crippen LogP contribution in [0.25, 0.3) is 0 Å². The Bertz CT molecular complexity index is 1280. The summed E-state index contributed by atoms with van der Waals surface area (Å²) in [5.74, 6) is 0.00519. The van der Waals surface area contributed by atoms with Gasteiger partial charge in [0, 0.05) is 71.0 Å². The van der Waals surface area contributed by atoms with Gasteiger partial charge in [0.1, 0.15) is 6.07 Å². The molecule has 1 N–H and O–H groups in total.